The van der Waals surface area contributed by atoms with Crippen LogP contribution in [0.1, 0.15) is 29.9 Å². The van der Waals surface area contributed by atoms with E-state index >= 15 is 0 Å². The zero-order chi connectivity index (χ0) is 26.9. The predicted molar refractivity (Wildman–Crippen MR) is 168 cm³/mol. The first-order valence-corrected chi connectivity index (χ1v) is 15.2. The van der Waals surface area contributed by atoms with Crippen LogP contribution >= 0.6 is 34.9 Å². The fourth-order valence-corrected chi connectivity index (χ4v) is 7.61. The molecule has 4 heterocycles. The van der Waals surface area contributed by atoms with Gasteiger partial charge in [0.2, 0.25) is 0 Å². The maximum Gasteiger partial charge on any atom is 0.276 e. The van der Waals surface area contributed by atoms with E-state index in [2.05, 4.69) is 70.1 Å². The average Bonchev–Trinajstić information content (AvgIpc) is 3.67. The van der Waals surface area contributed by atoms with Crippen molar-refractivity contribution < 1.29 is 4.79 Å². The first-order chi connectivity index (χ1) is 19.0. The van der Waals surface area contributed by atoms with Gasteiger partial charge in [-0.25, -0.2) is 4.98 Å². The molecule has 0 aliphatic carbocycles. The van der Waals surface area contributed by atoms with Crippen LogP contribution in [0.3, 0.4) is 0 Å². The van der Waals surface area contributed by atoms with E-state index in [1.807, 2.05) is 24.8 Å². The molecule has 2 aliphatic heterocycles. The smallest absolute Gasteiger partial charge is 0.276 e. The Hall–Kier alpha value is -3.47. The van der Waals surface area contributed by atoms with Crippen LogP contribution in [0.15, 0.2) is 60.3 Å². The summed E-state index contributed by atoms with van der Waals surface area (Å²) in [7, 11) is 0. The zero-order valence-electron chi connectivity index (χ0n) is 21.9. The summed E-state index contributed by atoms with van der Waals surface area (Å²) < 4.78 is 1.11. The van der Waals surface area contributed by atoms with Crippen LogP contribution in [-0.4, -0.2) is 52.1 Å². The molecular formula is C29H30N6OS3. The number of hydrogen-bond acceptors (Lipinski definition) is 8. The molecule has 1 fully saturated rings. The molecule has 0 spiro atoms. The highest BCUT2D eigenvalue weighted by Gasteiger charge is 2.36. The molecule has 2 aromatic carbocycles. The van der Waals surface area contributed by atoms with Gasteiger partial charge in [0.25, 0.3) is 5.91 Å². The number of aromatic nitrogens is 1. The number of nitrogens with zero attached hydrogens (tertiary/aromatic N) is 4. The minimum absolute atomic E-state index is 0.0297. The van der Waals surface area contributed by atoms with Crippen LogP contribution in [0.5, 0.6) is 0 Å². The molecular weight excluding hydrogens is 545 g/mol. The van der Waals surface area contributed by atoms with Gasteiger partial charge in [-0.05, 0) is 74.0 Å². The quantitative estimate of drug-likeness (QED) is 0.140. The number of benzene rings is 2. The van der Waals surface area contributed by atoms with Crippen LogP contribution in [0.25, 0.3) is 15.6 Å². The lowest BCUT2D eigenvalue weighted by molar-refractivity contribution is -0.122. The molecule has 2 aromatic heterocycles. The van der Waals surface area contributed by atoms with Crippen LogP contribution < -0.4 is 15.5 Å². The summed E-state index contributed by atoms with van der Waals surface area (Å²) in [6.07, 6.45) is 3.01. The van der Waals surface area contributed by atoms with Crippen molar-refractivity contribution in [1.82, 2.24) is 14.8 Å². The van der Waals surface area contributed by atoms with E-state index in [9.17, 15) is 4.79 Å². The third-order valence-corrected chi connectivity index (χ3v) is 9.56. The molecule has 10 heteroatoms. The van der Waals surface area contributed by atoms with Crippen molar-refractivity contribution in [2.45, 2.75) is 26.8 Å². The number of carbonyl (C=O) groups excluding carboxylic acids is 1. The normalized spacial score (nSPS) is 16.2. The fraction of sp³-hybridized carbons (Fsp3) is 0.276. The van der Waals surface area contributed by atoms with Crippen LogP contribution in [0.2, 0.25) is 0 Å². The first-order valence-electron chi connectivity index (χ1n) is 13.2. The van der Waals surface area contributed by atoms with E-state index < -0.39 is 0 Å². The van der Waals surface area contributed by atoms with Gasteiger partial charge in [-0.1, -0.05) is 41.7 Å². The van der Waals surface area contributed by atoms with Gasteiger partial charge in [0.05, 0.1) is 11.4 Å². The monoisotopic (exact) mass is 574 g/mol. The summed E-state index contributed by atoms with van der Waals surface area (Å²) in [5, 5.41) is 8.35. The zero-order valence-corrected chi connectivity index (χ0v) is 24.4. The Morgan fingerprint density at radius 3 is 2.62 bits per heavy atom. The van der Waals surface area contributed by atoms with E-state index in [0.717, 1.165) is 44.7 Å². The van der Waals surface area contributed by atoms with Crippen molar-refractivity contribution in [3.8, 4) is 0 Å². The Kier molecular flexibility index (Phi) is 7.24. The molecule has 2 aliphatic rings. The van der Waals surface area contributed by atoms with E-state index in [1.165, 1.54) is 16.8 Å². The average molecular weight is 575 g/mol. The fourth-order valence-electron chi connectivity index (χ4n) is 5.12. The molecule has 1 saturated heterocycles. The number of thiophene rings is 1. The minimum Gasteiger partial charge on any atom is -0.368 e. The van der Waals surface area contributed by atoms with Gasteiger partial charge in [0.15, 0.2) is 10.2 Å². The highest BCUT2D eigenvalue weighted by molar-refractivity contribution is 7.80. The number of thiazole rings is 1. The summed E-state index contributed by atoms with van der Waals surface area (Å²) in [6, 6.07) is 19.4. The highest BCUT2D eigenvalue weighted by atomic mass is 32.1. The summed E-state index contributed by atoms with van der Waals surface area (Å²) in [6.45, 7) is 7.79. The molecule has 1 amide bonds. The van der Waals surface area contributed by atoms with E-state index in [-0.39, 0.29) is 5.91 Å². The number of rotatable bonds is 9. The number of thiocarbonyl (C=S) groups is 1. The lowest BCUT2D eigenvalue weighted by atomic mass is 10.1. The van der Waals surface area contributed by atoms with Gasteiger partial charge in [-0.15, -0.1) is 11.3 Å². The summed E-state index contributed by atoms with van der Waals surface area (Å²) in [5.74, 6) is -0.0297. The predicted octanol–water partition coefficient (Wildman–Crippen LogP) is 6.21. The molecule has 6 rings (SSSR count). The van der Waals surface area contributed by atoms with Crippen molar-refractivity contribution in [3.05, 3.63) is 76.3 Å². The van der Waals surface area contributed by atoms with E-state index in [4.69, 9.17) is 17.2 Å². The van der Waals surface area contributed by atoms with Gasteiger partial charge in [0.1, 0.15) is 10.5 Å². The van der Waals surface area contributed by atoms with Crippen molar-refractivity contribution in [3.63, 3.8) is 0 Å². The number of hydrogen-bond donors (Lipinski definition) is 2. The SMILES string of the molecule is CCN1C(=O)/C(=C\c2cc3sc(NCNc4ccc5c(c4)CCN5Cc4ccccc4)nc3s2)N(CC)C1=S. The van der Waals surface area contributed by atoms with Gasteiger partial charge >= 0.3 is 0 Å². The number of nitrogens with one attached hydrogen (secondary N) is 2. The number of amides is 1. The second-order valence-corrected chi connectivity index (χ2v) is 11.9. The number of carbonyl (C=O) groups is 1. The summed E-state index contributed by atoms with van der Waals surface area (Å²) >= 11 is 8.70. The Labute approximate surface area is 241 Å². The second-order valence-electron chi connectivity index (χ2n) is 9.47. The van der Waals surface area contributed by atoms with Gasteiger partial charge in [-0.2, -0.15) is 0 Å². The van der Waals surface area contributed by atoms with Crippen LogP contribution in [-0.2, 0) is 17.8 Å². The summed E-state index contributed by atoms with van der Waals surface area (Å²) in [4.78, 5) is 25.6. The molecule has 0 saturated carbocycles. The van der Waals surface area contributed by atoms with Crippen molar-refractivity contribution in [2.75, 3.05) is 41.8 Å². The lowest BCUT2D eigenvalue weighted by Crippen LogP contribution is -2.32. The van der Waals surface area contributed by atoms with Gasteiger partial charge < -0.3 is 20.4 Å². The standard InChI is InChI=1S/C29H30N6OS3/c1-3-34-24(27(36)35(4-2)29(34)37)15-22-16-25-26(38-22)32-28(39-25)31-18-30-21-10-11-23-20(14-21)12-13-33(23)17-19-8-6-5-7-9-19/h5-11,14-16,30H,3-4,12-13,17-18H2,1-2H3,(H,31,32)/b24-15+. The molecule has 0 unspecified atom stereocenters. The molecule has 0 bridgehead atoms. The maximum absolute atomic E-state index is 12.8. The van der Waals surface area contributed by atoms with E-state index in [1.54, 1.807) is 27.6 Å². The molecule has 4 aromatic rings. The lowest BCUT2D eigenvalue weighted by Gasteiger charge is -2.20. The first kappa shape index (κ1) is 25.8. The Balaban J connectivity index is 1.07. The molecule has 39 heavy (non-hydrogen) atoms. The van der Waals surface area contributed by atoms with Crippen molar-refractivity contribution in [2.24, 2.45) is 0 Å². The number of anilines is 3. The molecule has 0 atom stereocenters. The van der Waals surface area contributed by atoms with Gasteiger partial charge in [0, 0.05) is 42.4 Å². The molecule has 200 valence electrons. The largest absolute Gasteiger partial charge is 0.368 e. The Bertz CT molecular complexity index is 1530. The molecule has 2 N–H and O–H groups in total. The van der Waals surface area contributed by atoms with Crippen LogP contribution in [0, 0.1) is 0 Å². The summed E-state index contributed by atoms with van der Waals surface area (Å²) in [5.41, 5.74) is 5.80. The molecule has 7 nitrogen and oxygen atoms in total. The highest BCUT2D eigenvalue weighted by Crippen LogP contribution is 2.35. The third-order valence-electron chi connectivity index (χ3n) is 7.06. The van der Waals surface area contributed by atoms with Crippen LogP contribution in [0.4, 0.5) is 16.5 Å². The topological polar surface area (TPSA) is 63.7 Å². The Morgan fingerprint density at radius 2 is 1.85 bits per heavy atom. The maximum atomic E-state index is 12.8. The number of likely N-dealkylation sites (N-methyl/N-ethyl adjacent to an activating group) is 2. The third kappa shape index (κ3) is 5.11. The second kappa shape index (κ2) is 11.0. The van der Waals surface area contributed by atoms with Crippen molar-refractivity contribution in [1.29, 1.82) is 0 Å². The minimum atomic E-state index is -0.0297. The Morgan fingerprint density at radius 1 is 1.03 bits per heavy atom. The number of fused-ring (bicyclic) bond motifs is 2. The van der Waals surface area contributed by atoms with Gasteiger partial charge in [-0.3, -0.25) is 9.69 Å². The molecule has 0 radical (unpaired) electrons. The van der Waals surface area contributed by atoms with E-state index in [0.29, 0.717) is 30.6 Å². The van der Waals surface area contributed by atoms with Crippen molar-refractivity contribution >= 4 is 78.0 Å².